The quantitative estimate of drug-likeness (QED) is 0.832. The van der Waals surface area contributed by atoms with Crippen LogP contribution in [0.2, 0.25) is 5.02 Å². The minimum Gasteiger partial charge on any atom is -0.497 e. The van der Waals surface area contributed by atoms with Gasteiger partial charge in [0.05, 0.1) is 13.2 Å². The van der Waals surface area contributed by atoms with Crippen molar-refractivity contribution in [1.82, 2.24) is 5.32 Å². The number of hydrogen-bond donors (Lipinski definition) is 1. The molecule has 1 atom stereocenters. The van der Waals surface area contributed by atoms with Crippen LogP contribution in [0, 0.1) is 6.92 Å². The SMILES string of the molecule is CCCNC(c1ccccc1C)c1ccc(OC)cc1Cl. The fourth-order valence-corrected chi connectivity index (χ4v) is 2.74. The van der Waals surface area contributed by atoms with Crippen molar-refractivity contribution in [3.8, 4) is 5.75 Å². The van der Waals surface area contributed by atoms with E-state index < -0.39 is 0 Å². The summed E-state index contributed by atoms with van der Waals surface area (Å²) in [4.78, 5) is 0. The molecule has 1 unspecified atom stereocenters. The van der Waals surface area contributed by atoms with E-state index in [0.29, 0.717) is 0 Å². The van der Waals surface area contributed by atoms with Crippen molar-refractivity contribution in [3.05, 3.63) is 64.2 Å². The Bertz CT molecular complexity index is 598. The molecule has 2 aromatic rings. The molecule has 0 bridgehead atoms. The molecule has 112 valence electrons. The molecule has 0 aliphatic heterocycles. The lowest BCUT2D eigenvalue weighted by molar-refractivity contribution is 0.414. The van der Waals surface area contributed by atoms with Crippen molar-refractivity contribution < 1.29 is 4.74 Å². The smallest absolute Gasteiger partial charge is 0.120 e. The van der Waals surface area contributed by atoms with Gasteiger partial charge < -0.3 is 10.1 Å². The molecule has 0 aromatic heterocycles. The van der Waals surface area contributed by atoms with E-state index in [4.69, 9.17) is 16.3 Å². The van der Waals surface area contributed by atoms with Gasteiger partial charge in [-0.05, 0) is 48.7 Å². The maximum atomic E-state index is 6.46. The predicted molar refractivity (Wildman–Crippen MR) is 89.3 cm³/mol. The minimum atomic E-state index is 0.101. The summed E-state index contributed by atoms with van der Waals surface area (Å²) >= 11 is 6.46. The van der Waals surface area contributed by atoms with Crippen LogP contribution in [0.15, 0.2) is 42.5 Å². The standard InChI is InChI=1S/C18H22ClNO/c1-4-11-20-18(15-8-6-5-7-13(15)2)16-10-9-14(21-3)12-17(16)19/h5-10,12,18,20H,4,11H2,1-3H3. The third-order valence-corrected chi connectivity index (χ3v) is 3.94. The Morgan fingerprint density at radius 1 is 1.14 bits per heavy atom. The van der Waals surface area contributed by atoms with Gasteiger partial charge in [-0.25, -0.2) is 0 Å². The van der Waals surface area contributed by atoms with Gasteiger partial charge in [0.2, 0.25) is 0 Å². The van der Waals surface area contributed by atoms with E-state index in [1.807, 2.05) is 18.2 Å². The van der Waals surface area contributed by atoms with Crippen LogP contribution in [-0.2, 0) is 0 Å². The second-order valence-corrected chi connectivity index (χ2v) is 5.54. The third-order valence-electron chi connectivity index (χ3n) is 3.62. The van der Waals surface area contributed by atoms with E-state index in [0.717, 1.165) is 29.3 Å². The van der Waals surface area contributed by atoms with Crippen LogP contribution in [-0.4, -0.2) is 13.7 Å². The molecule has 2 aromatic carbocycles. The average molecular weight is 304 g/mol. The lowest BCUT2D eigenvalue weighted by Gasteiger charge is -2.23. The first-order valence-corrected chi connectivity index (χ1v) is 7.67. The predicted octanol–water partition coefficient (Wildman–Crippen LogP) is 4.75. The van der Waals surface area contributed by atoms with Crippen LogP contribution in [0.3, 0.4) is 0 Å². The number of hydrogen-bond acceptors (Lipinski definition) is 2. The van der Waals surface area contributed by atoms with Gasteiger partial charge in [0.15, 0.2) is 0 Å². The second kappa shape index (κ2) is 7.48. The zero-order valence-electron chi connectivity index (χ0n) is 12.8. The highest BCUT2D eigenvalue weighted by Crippen LogP contribution is 2.32. The van der Waals surface area contributed by atoms with Gasteiger partial charge in [0.25, 0.3) is 0 Å². The first-order chi connectivity index (χ1) is 10.2. The number of aryl methyl sites for hydroxylation is 1. The lowest BCUT2D eigenvalue weighted by atomic mass is 9.94. The fourth-order valence-electron chi connectivity index (χ4n) is 2.46. The summed E-state index contributed by atoms with van der Waals surface area (Å²) < 4.78 is 5.24. The molecular weight excluding hydrogens is 282 g/mol. The highest BCUT2D eigenvalue weighted by molar-refractivity contribution is 6.31. The summed E-state index contributed by atoms with van der Waals surface area (Å²) in [5.74, 6) is 0.780. The van der Waals surface area contributed by atoms with Crippen molar-refractivity contribution in [2.24, 2.45) is 0 Å². The zero-order chi connectivity index (χ0) is 15.2. The molecule has 0 radical (unpaired) electrons. The van der Waals surface area contributed by atoms with Gasteiger partial charge in [-0.1, -0.05) is 48.9 Å². The van der Waals surface area contributed by atoms with Gasteiger partial charge >= 0.3 is 0 Å². The van der Waals surface area contributed by atoms with Crippen molar-refractivity contribution >= 4 is 11.6 Å². The Balaban J connectivity index is 2.43. The van der Waals surface area contributed by atoms with Crippen molar-refractivity contribution in [1.29, 1.82) is 0 Å². The van der Waals surface area contributed by atoms with Gasteiger partial charge in [0, 0.05) is 5.02 Å². The van der Waals surface area contributed by atoms with Crippen molar-refractivity contribution in [3.63, 3.8) is 0 Å². The van der Waals surface area contributed by atoms with E-state index in [2.05, 4.69) is 43.4 Å². The Kier molecular flexibility index (Phi) is 5.66. The molecule has 0 saturated heterocycles. The van der Waals surface area contributed by atoms with Gasteiger partial charge in [-0.2, -0.15) is 0 Å². The highest BCUT2D eigenvalue weighted by atomic mass is 35.5. The Labute approximate surface area is 132 Å². The van der Waals surface area contributed by atoms with E-state index >= 15 is 0 Å². The molecule has 0 fully saturated rings. The lowest BCUT2D eigenvalue weighted by Crippen LogP contribution is -2.24. The monoisotopic (exact) mass is 303 g/mol. The van der Waals surface area contributed by atoms with Crippen LogP contribution >= 0.6 is 11.6 Å². The molecule has 0 aliphatic rings. The largest absolute Gasteiger partial charge is 0.497 e. The van der Waals surface area contributed by atoms with E-state index in [1.54, 1.807) is 7.11 Å². The number of rotatable bonds is 6. The Hall–Kier alpha value is -1.51. The normalized spacial score (nSPS) is 12.2. The van der Waals surface area contributed by atoms with Crippen LogP contribution in [0.25, 0.3) is 0 Å². The first kappa shape index (κ1) is 15.9. The van der Waals surface area contributed by atoms with Crippen molar-refractivity contribution in [2.75, 3.05) is 13.7 Å². The van der Waals surface area contributed by atoms with Crippen LogP contribution in [0.1, 0.15) is 36.1 Å². The summed E-state index contributed by atoms with van der Waals surface area (Å²) in [5.41, 5.74) is 3.61. The summed E-state index contributed by atoms with van der Waals surface area (Å²) in [6, 6.07) is 14.4. The molecule has 0 aliphatic carbocycles. The fraction of sp³-hybridized carbons (Fsp3) is 0.333. The Morgan fingerprint density at radius 3 is 2.52 bits per heavy atom. The first-order valence-electron chi connectivity index (χ1n) is 7.29. The third kappa shape index (κ3) is 3.78. The number of ether oxygens (including phenoxy) is 1. The maximum absolute atomic E-state index is 6.46. The summed E-state index contributed by atoms with van der Waals surface area (Å²) in [7, 11) is 1.65. The van der Waals surface area contributed by atoms with Gasteiger partial charge in [-0.3, -0.25) is 0 Å². The topological polar surface area (TPSA) is 21.3 Å². The molecule has 0 spiro atoms. The van der Waals surface area contributed by atoms with Gasteiger partial charge in [0.1, 0.15) is 5.75 Å². The molecule has 2 nitrogen and oxygen atoms in total. The van der Waals surface area contributed by atoms with Crippen LogP contribution in [0.4, 0.5) is 0 Å². The zero-order valence-corrected chi connectivity index (χ0v) is 13.6. The number of benzene rings is 2. The molecule has 21 heavy (non-hydrogen) atoms. The van der Waals surface area contributed by atoms with E-state index in [1.165, 1.54) is 11.1 Å². The van der Waals surface area contributed by atoms with Crippen LogP contribution < -0.4 is 10.1 Å². The van der Waals surface area contributed by atoms with E-state index in [9.17, 15) is 0 Å². The molecule has 0 heterocycles. The molecular formula is C18H22ClNO. The average Bonchev–Trinajstić information content (AvgIpc) is 2.50. The number of methoxy groups -OCH3 is 1. The highest BCUT2D eigenvalue weighted by Gasteiger charge is 2.18. The maximum Gasteiger partial charge on any atom is 0.120 e. The summed E-state index contributed by atoms with van der Waals surface area (Å²) in [5, 5.41) is 4.32. The minimum absolute atomic E-state index is 0.101. The van der Waals surface area contributed by atoms with Crippen molar-refractivity contribution in [2.45, 2.75) is 26.3 Å². The second-order valence-electron chi connectivity index (χ2n) is 5.13. The molecule has 0 saturated carbocycles. The molecule has 3 heteroatoms. The summed E-state index contributed by atoms with van der Waals surface area (Å²) in [6.07, 6.45) is 1.08. The number of halogens is 1. The summed E-state index contributed by atoms with van der Waals surface area (Å²) in [6.45, 7) is 5.24. The molecule has 1 N–H and O–H groups in total. The molecule has 2 rings (SSSR count). The number of nitrogens with one attached hydrogen (secondary N) is 1. The van der Waals surface area contributed by atoms with Crippen LogP contribution in [0.5, 0.6) is 5.75 Å². The Morgan fingerprint density at radius 2 is 1.90 bits per heavy atom. The van der Waals surface area contributed by atoms with E-state index in [-0.39, 0.29) is 6.04 Å². The molecule has 0 amide bonds. The van der Waals surface area contributed by atoms with Gasteiger partial charge in [-0.15, -0.1) is 0 Å².